The monoisotopic (exact) mass is 934 g/mol. The number of hydrogen-bond acceptors (Lipinski definition) is 0. The molecule has 0 radical (unpaired) electrons. The van der Waals surface area contributed by atoms with Crippen molar-refractivity contribution >= 4 is 25.4 Å². The molecule has 0 saturated carbocycles. The summed E-state index contributed by atoms with van der Waals surface area (Å²) >= 11 is -3.32. The van der Waals surface area contributed by atoms with Gasteiger partial charge in [-0.2, -0.15) is 0 Å². The van der Waals surface area contributed by atoms with Crippen molar-refractivity contribution in [3.8, 4) is 22.3 Å². The van der Waals surface area contributed by atoms with E-state index in [1.165, 1.54) is 55.6 Å². The molecule has 0 aromatic heterocycles. The molecule has 3 aliphatic rings. The molecule has 0 nitrogen and oxygen atoms in total. The number of rotatable bonds is 3. The van der Waals surface area contributed by atoms with Crippen LogP contribution in [0.1, 0.15) is 135 Å². The topological polar surface area (TPSA) is 0 Å². The molecule has 0 spiro atoms. The second-order valence-corrected chi connectivity index (χ2v) is 43.8. The molecule has 294 valence electrons. The fourth-order valence-corrected chi connectivity index (χ4v) is 42.1. The van der Waals surface area contributed by atoms with Crippen molar-refractivity contribution in [3.63, 3.8) is 0 Å². The normalized spacial score (nSPS) is 21.3. The summed E-state index contributed by atoms with van der Waals surface area (Å²) in [6, 6.07) is 41.3. The molecule has 1 fully saturated rings. The van der Waals surface area contributed by atoms with E-state index >= 15 is 0 Å². The van der Waals surface area contributed by atoms with Crippen molar-refractivity contribution in [3.05, 3.63) is 158 Å². The Hall–Kier alpha value is -3.33. The van der Waals surface area contributed by atoms with Gasteiger partial charge >= 0.3 is 354 Å². The number of allylic oxidation sites excluding steroid dienone is 2. The molecule has 2 atom stereocenters. The molecule has 8 rings (SSSR count). The van der Waals surface area contributed by atoms with E-state index in [-0.39, 0.29) is 21.7 Å². The molecule has 57 heavy (non-hydrogen) atoms. The zero-order valence-electron chi connectivity index (χ0n) is 37.6. The standard InChI is InChI=1S/C53H60Si.2CH3.Hf/c1-50(2,3)39-25-37(26-40(31-39)51(4,5)6)46-23-17-19-35-29-44(33-48(35)46)54(13,43-21-15-14-16-22-43)45-30-36-20-18-24-47(49(36)34-45)38-27-41(52(7,8)9)32-42(28-38)53(10,11)12;;;/h14-34H,1-13H3;2*1H3;. The first-order valence-electron chi connectivity index (χ1n) is 21.5. The van der Waals surface area contributed by atoms with Crippen LogP contribution in [0, 0.1) is 0 Å². The molecule has 1 heterocycles. The van der Waals surface area contributed by atoms with E-state index in [0.717, 1.165) is 0 Å². The van der Waals surface area contributed by atoms with Gasteiger partial charge in [-0.15, -0.1) is 0 Å². The van der Waals surface area contributed by atoms with Crippen LogP contribution in [0.5, 0.6) is 0 Å². The van der Waals surface area contributed by atoms with E-state index in [4.69, 9.17) is 0 Å². The van der Waals surface area contributed by atoms with E-state index in [1.54, 1.807) is 26.7 Å². The van der Waals surface area contributed by atoms with Crippen LogP contribution in [0.2, 0.25) is 15.9 Å². The first-order chi connectivity index (χ1) is 26.4. The van der Waals surface area contributed by atoms with Gasteiger partial charge < -0.3 is 0 Å². The van der Waals surface area contributed by atoms with Gasteiger partial charge in [-0.1, -0.05) is 0 Å². The Morgan fingerprint density at radius 3 is 1.12 bits per heavy atom. The summed E-state index contributed by atoms with van der Waals surface area (Å²) in [4.78, 5) is 0. The molecule has 0 bridgehead atoms. The quantitative estimate of drug-likeness (QED) is 0.158. The van der Waals surface area contributed by atoms with Crippen molar-refractivity contribution in [2.24, 2.45) is 0 Å². The maximum absolute atomic E-state index is 3.32. The molecule has 2 heteroatoms. The summed E-state index contributed by atoms with van der Waals surface area (Å²) in [6.07, 6.45) is 5.50. The molecule has 2 unspecified atom stereocenters. The van der Waals surface area contributed by atoms with E-state index in [9.17, 15) is 0 Å². The summed E-state index contributed by atoms with van der Waals surface area (Å²) < 4.78 is 6.71. The molecule has 1 saturated heterocycles. The van der Waals surface area contributed by atoms with Gasteiger partial charge in [-0.3, -0.25) is 0 Å². The van der Waals surface area contributed by atoms with Crippen molar-refractivity contribution in [1.82, 2.24) is 0 Å². The predicted octanol–water partition coefficient (Wildman–Crippen LogP) is 15.1. The first kappa shape index (κ1) is 40.4. The van der Waals surface area contributed by atoms with Crippen molar-refractivity contribution in [2.45, 2.75) is 128 Å². The third-order valence-corrected chi connectivity index (χ3v) is 36.0. The van der Waals surface area contributed by atoms with Gasteiger partial charge in [0.05, 0.1) is 0 Å². The number of hydrogen-bond donors (Lipinski definition) is 0. The van der Waals surface area contributed by atoms with Crippen LogP contribution in [-0.4, -0.2) is 8.07 Å². The van der Waals surface area contributed by atoms with E-state index in [0.29, 0.717) is 7.35 Å². The Morgan fingerprint density at radius 1 is 0.439 bits per heavy atom. The molecule has 0 N–H and O–H groups in total. The second-order valence-electron chi connectivity index (χ2n) is 22.6. The number of benzene rings is 5. The zero-order chi connectivity index (χ0) is 41.2. The summed E-state index contributed by atoms with van der Waals surface area (Å²) in [5, 5.41) is 5.10. The maximum atomic E-state index is 2.81. The molecule has 0 amide bonds. The van der Waals surface area contributed by atoms with Crippen molar-refractivity contribution < 1.29 is 20.0 Å². The molecule has 1 aliphatic heterocycles. The molecule has 2 aliphatic carbocycles. The Morgan fingerprint density at radius 2 is 0.789 bits per heavy atom. The van der Waals surface area contributed by atoms with Crippen molar-refractivity contribution in [2.75, 3.05) is 0 Å². The van der Waals surface area contributed by atoms with Gasteiger partial charge in [0.15, 0.2) is 0 Å². The van der Waals surface area contributed by atoms with E-state index in [2.05, 4.69) is 214 Å². The van der Waals surface area contributed by atoms with Gasteiger partial charge in [-0.05, 0) is 0 Å². The Kier molecular flexibility index (Phi) is 9.46. The number of fused-ring (bicyclic) bond motifs is 6. The van der Waals surface area contributed by atoms with Gasteiger partial charge in [0.1, 0.15) is 0 Å². The second kappa shape index (κ2) is 13.3. The van der Waals surface area contributed by atoms with Gasteiger partial charge in [0.2, 0.25) is 0 Å². The Balaban J connectivity index is 1.38. The van der Waals surface area contributed by atoms with Crippen LogP contribution in [-0.2, 0) is 41.6 Å². The molecule has 5 aromatic carbocycles. The van der Waals surface area contributed by atoms with Crippen LogP contribution < -0.4 is 5.19 Å². The third-order valence-electron chi connectivity index (χ3n) is 14.1. The fraction of sp³-hybridized carbons (Fsp3) is 0.382. The summed E-state index contributed by atoms with van der Waals surface area (Å²) in [7, 11) is -2.39. The summed E-state index contributed by atoms with van der Waals surface area (Å²) in [5.41, 5.74) is 17.7. The van der Waals surface area contributed by atoms with Crippen LogP contribution in [0.4, 0.5) is 0 Å². The van der Waals surface area contributed by atoms with E-state index < -0.39 is 28.0 Å². The minimum atomic E-state index is -3.32. The molecule has 5 aromatic rings. The minimum absolute atomic E-state index is 0.0663. The van der Waals surface area contributed by atoms with Crippen molar-refractivity contribution in [1.29, 1.82) is 0 Å². The van der Waals surface area contributed by atoms with Crippen LogP contribution in [0.25, 0.3) is 34.4 Å². The Labute approximate surface area is 351 Å². The van der Waals surface area contributed by atoms with Gasteiger partial charge in [0.25, 0.3) is 0 Å². The first-order valence-corrected chi connectivity index (χ1v) is 35.3. The predicted molar refractivity (Wildman–Crippen MR) is 249 cm³/mol. The summed E-state index contributed by atoms with van der Waals surface area (Å²) in [6.45, 7) is 31.0. The van der Waals surface area contributed by atoms with Gasteiger partial charge in [-0.25, -0.2) is 0 Å². The average molecular weight is 934 g/mol. The SMILES string of the molecule is CC(C)(C)c1cc(-c2cccc3c2C=C2[CH]3[Hf]([CH3])([CH3])[CH]3C(=Cc4c(-c5cc(C(C)(C)C)cc(C(C)(C)C)c5)cccc43)[Si]2(C)c2ccccc2)cc(C(C)(C)C)c1. The molecular formula is C55H66HfSi. The van der Waals surface area contributed by atoms with Crippen LogP contribution >= 0.6 is 0 Å². The summed E-state index contributed by atoms with van der Waals surface area (Å²) in [5.74, 6) is 0. The average Bonchev–Trinajstić information content (AvgIpc) is 3.74. The van der Waals surface area contributed by atoms with Crippen LogP contribution in [0.15, 0.2) is 114 Å². The van der Waals surface area contributed by atoms with Crippen LogP contribution in [0.3, 0.4) is 0 Å². The third kappa shape index (κ3) is 6.64. The van der Waals surface area contributed by atoms with E-state index in [1.807, 2.05) is 0 Å². The zero-order valence-corrected chi connectivity index (χ0v) is 42.2. The Bertz CT molecular complexity index is 2260. The molecular weight excluding hydrogens is 867 g/mol. The van der Waals surface area contributed by atoms with Gasteiger partial charge in [0, 0.05) is 0 Å². The fourth-order valence-electron chi connectivity index (χ4n) is 10.5.